The van der Waals surface area contributed by atoms with Gasteiger partial charge < -0.3 is 14.7 Å². The number of hydrogen-bond donors (Lipinski definition) is 1. The Labute approximate surface area is 123 Å². The number of benzene rings is 1. The number of aliphatic carboxylic acids is 1. The summed E-state index contributed by atoms with van der Waals surface area (Å²) in [5.74, 6) is -0.347. The molecule has 1 aromatic carbocycles. The van der Waals surface area contributed by atoms with E-state index in [-0.39, 0.29) is 12.4 Å². The minimum atomic E-state index is -0.767. The Morgan fingerprint density at radius 2 is 1.76 bits per heavy atom. The Bertz CT molecular complexity index is 445. The third kappa shape index (κ3) is 5.69. The molecule has 0 spiro atoms. The number of hydrogen-bond acceptors (Lipinski definition) is 4. The second-order valence-corrected chi connectivity index (χ2v) is 5.17. The molecule has 1 aliphatic heterocycles. The van der Waals surface area contributed by atoms with Crippen LogP contribution in [0.4, 0.5) is 4.39 Å². The van der Waals surface area contributed by atoms with Gasteiger partial charge in [-0.05, 0) is 30.7 Å². The van der Waals surface area contributed by atoms with Crippen LogP contribution in [0.25, 0.3) is 0 Å². The molecule has 0 amide bonds. The van der Waals surface area contributed by atoms with Gasteiger partial charge in [0.15, 0.2) is 0 Å². The molecule has 1 aliphatic rings. The molecule has 0 saturated carbocycles. The second-order valence-electron chi connectivity index (χ2n) is 5.17. The third-order valence-electron chi connectivity index (χ3n) is 3.52. The molecule has 1 N–H and O–H groups in total. The topological polar surface area (TPSA) is 53.0 Å². The first-order valence-corrected chi connectivity index (χ1v) is 7.18. The summed E-state index contributed by atoms with van der Waals surface area (Å²) in [7, 11) is 0. The monoisotopic (exact) mass is 296 g/mol. The van der Waals surface area contributed by atoms with Gasteiger partial charge in [0.2, 0.25) is 0 Å². The molecule has 1 heterocycles. The van der Waals surface area contributed by atoms with Gasteiger partial charge in [0.1, 0.15) is 11.6 Å². The van der Waals surface area contributed by atoms with Crippen molar-refractivity contribution in [3.8, 4) is 5.75 Å². The van der Waals surface area contributed by atoms with E-state index in [1.807, 2.05) is 4.90 Å². The summed E-state index contributed by atoms with van der Waals surface area (Å²) in [6.45, 7) is 5.04. The van der Waals surface area contributed by atoms with E-state index in [0.29, 0.717) is 12.4 Å². The number of rotatable bonds is 7. The summed E-state index contributed by atoms with van der Waals surface area (Å²) in [4.78, 5) is 14.9. The Kier molecular flexibility index (Phi) is 5.95. The van der Waals surface area contributed by atoms with Crippen LogP contribution >= 0.6 is 0 Å². The molecule has 0 radical (unpaired) electrons. The van der Waals surface area contributed by atoms with Crippen molar-refractivity contribution in [1.29, 1.82) is 0 Å². The molecule has 0 bridgehead atoms. The second kappa shape index (κ2) is 7.95. The highest BCUT2D eigenvalue weighted by atomic mass is 19.1. The maximum absolute atomic E-state index is 12.7. The average molecular weight is 296 g/mol. The van der Waals surface area contributed by atoms with Crippen molar-refractivity contribution >= 4 is 5.97 Å². The first kappa shape index (κ1) is 15.7. The quantitative estimate of drug-likeness (QED) is 0.769. The van der Waals surface area contributed by atoms with Gasteiger partial charge in [-0.15, -0.1) is 0 Å². The largest absolute Gasteiger partial charge is 0.494 e. The molecule has 5 nitrogen and oxygen atoms in total. The molecule has 1 fully saturated rings. The van der Waals surface area contributed by atoms with Gasteiger partial charge in [0.05, 0.1) is 13.2 Å². The zero-order valence-electron chi connectivity index (χ0n) is 12.0. The lowest BCUT2D eigenvalue weighted by atomic mass is 10.3. The van der Waals surface area contributed by atoms with E-state index in [0.717, 1.165) is 39.1 Å². The number of ether oxygens (including phenoxy) is 1. The van der Waals surface area contributed by atoms with Crippen molar-refractivity contribution in [3.63, 3.8) is 0 Å². The molecule has 1 saturated heterocycles. The van der Waals surface area contributed by atoms with Crippen LogP contribution in [0.5, 0.6) is 5.75 Å². The lowest BCUT2D eigenvalue weighted by molar-refractivity contribution is -0.138. The Morgan fingerprint density at radius 3 is 2.38 bits per heavy atom. The summed E-state index contributed by atoms with van der Waals surface area (Å²) in [6.07, 6.45) is 0.899. The summed E-state index contributed by atoms with van der Waals surface area (Å²) in [6, 6.07) is 6.02. The predicted octanol–water partition coefficient (Wildman–Crippen LogP) is 1.30. The summed E-state index contributed by atoms with van der Waals surface area (Å²) < 4.78 is 18.3. The normalized spacial score (nSPS) is 16.8. The maximum Gasteiger partial charge on any atom is 0.317 e. The SMILES string of the molecule is O=C(O)CN1CCN(CCCOc2ccc(F)cc2)CC1. The fraction of sp³-hybridized carbons (Fsp3) is 0.533. The molecular weight excluding hydrogens is 275 g/mol. The number of halogens is 1. The van der Waals surface area contributed by atoms with Crippen LogP contribution in [0.3, 0.4) is 0 Å². The van der Waals surface area contributed by atoms with E-state index in [4.69, 9.17) is 9.84 Å². The van der Waals surface area contributed by atoms with Crippen molar-refractivity contribution in [2.24, 2.45) is 0 Å². The van der Waals surface area contributed by atoms with Gasteiger partial charge in [0.25, 0.3) is 0 Å². The fourth-order valence-corrected chi connectivity index (χ4v) is 2.37. The number of nitrogens with zero attached hydrogens (tertiary/aromatic N) is 2. The van der Waals surface area contributed by atoms with Gasteiger partial charge in [-0.3, -0.25) is 9.69 Å². The minimum absolute atomic E-state index is 0.127. The highest BCUT2D eigenvalue weighted by Crippen LogP contribution is 2.11. The maximum atomic E-state index is 12.7. The van der Waals surface area contributed by atoms with Crippen LogP contribution in [0.2, 0.25) is 0 Å². The van der Waals surface area contributed by atoms with Crippen LogP contribution < -0.4 is 4.74 Å². The summed E-state index contributed by atoms with van der Waals surface area (Å²) in [5.41, 5.74) is 0. The molecule has 0 unspecified atom stereocenters. The van der Waals surface area contributed by atoms with E-state index in [9.17, 15) is 9.18 Å². The zero-order chi connectivity index (χ0) is 15.1. The van der Waals surface area contributed by atoms with Crippen molar-refractivity contribution in [2.45, 2.75) is 6.42 Å². The number of piperazine rings is 1. The number of carboxylic acid groups (broad SMARTS) is 1. The first-order chi connectivity index (χ1) is 10.1. The Hall–Kier alpha value is -1.66. The molecule has 2 rings (SSSR count). The molecule has 21 heavy (non-hydrogen) atoms. The Balaban J connectivity index is 1.57. The predicted molar refractivity (Wildman–Crippen MR) is 77.0 cm³/mol. The summed E-state index contributed by atoms with van der Waals surface area (Å²) in [5, 5.41) is 8.74. The van der Waals surface area contributed by atoms with Crippen LogP contribution in [0.15, 0.2) is 24.3 Å². The van der Waals surface area contributed by atoms with Crippen LogP contribution in [-0.4, -0.2) is 66.8 Å². The molecule has 1 aromatic rings. The molecular formula is C15H21FN2O3. The average Bonchev–Trinajstić information content (AvgIpc) is 2.46. The standard InChI is InChI=1S/C15H21FN2O3/c16-13-2-4-14(5-3-13)21-11-1-6-17-7-9-18(10-8-17)12-15(19)20/h2-5H,1,6-12H2,(H,19,20). The van der Waals surface area contributed by atoms with Crippen LogP contribution in [0, 0.1) is 5.82 Å². The van der Waals surface area contributed by atoms with E-state index in [1.54, 1.807) is 12.1 Å². The third-order valence-corrected chi connectivity index (χ3v) is 3.52. The Morgan fingerprint density at radius 1 is 1.14 bits per heavy atom. The number of carboxylic acids is 1. The van der Waals surface area contributed by atoms with Gasteiger partial charge in [0, 0.05) is 32.7 Å². The highest BCUT2D eigenvalue weighted by molar-refractivity contribution is 5.69. The lowest BCUT2D eigenvalue weighted by Crippen LogP contribution is -2.48. The zero-order valence-corrected chi connectivity index (χ0v) is 12.0. The van der Waals surface area contributed by atoms with Crippen molar-refractivity contribution in [3.05, 3.63) is 30.1 Å². The molecule has 0 aromatic heterocycles. The van der Waals surface area contributed by atoms with Crippen molar-refractivity contribution in [1.82, 2.24) is 9.80 Å². The van der Waals surface area contributed by atoms with E-state index in [2.05, 4.69) is 4.90 Å². The first-order valence-electron chi connectivity index (χ1n) is 7.18. The van der Waals surface area contributed by atoms with Gasteiger partial charge in [-0.25, -0.2) is 4.39 Å². The molecule has 6 heteroatoms. The number of carbonyl (C=O) groups is 1. The van der Waals surface area contributed by atoms with Crippen LogP contribution in [-0.2, 0) is 4.79 Å². The van der Waals surface area contributed by atoms with Gasteiger partial charge >= 0.3 is 5.97 Å². The fourth-order valence-electron chi connectivity index (χ4n) is 2.37. The van der Waals surface area contributed by atoms with Gasteiger partial charge in [-0.1, -0.05) is 0 Å². The molecule has 0 aliphatic carbocycles. The van der Waals surface area contributed by atoms with E-state index in [1.165, 1.54) is 12.1 Å². The minimum Gasteiger partial charge on any atom is -0.494 e. The lowest BCUT2D eigenvalue weighted by Gasteiger charge is -2.33. The molecule has 0 atom stereocenters. The van der Waals surface area contributed by atoms with E-state index >= 15 is 0 Å². The highest BCUT2D eigenvalue weighted by Gasteiger charge is 2.17. The van der Waals surface area contributed by atoms with Crippen LogP contribution in [0.1, 0.15) is 6.42 Å². The summed E-state index contributed by atoms with van der Waals surface area (Å²) >= 11 is 0. The van der Waals surface area contributed by atoms with Crippen molar-refractivity contribution in [2.75, 3.05) is 45.9 Å². The van der Waals surface area contributed by atoms with Gasteiger partial charge in [-0.2, -0.15) is 0 Å². The van der Waals surface area contributed by atoms with E-state index < -0.39 is 5.97 Å². The van der Waals surface area contributed by atoms with Crippen molar-refractivity contribution < 1.29 is 19.0 Å². The smallest absolute Gasteiger partial charge is 0.317 e. The molecule has 116 valence electrons.